The van der Waals surface area contributed by atoms with Crippen LogP contribution in [0.1, 0.15) is 51.6 Å². The Morgan fingerprint density at radius 3 is 2.50 bits per heavy atom. The summed E-state index contributed by atoms with van der Waals surface area (Å²) >= 11 is 5.31. The Morgan fingerprint density at radius 1 is 1.25 bits per heavy atom. The van der Waals surface area contributed by atoms with Crippen LogP contribution in [0, 0.1) is 4.77 Å². The fourth-order valence-corrected chi connectivity index (χ4v) is 2.74. The molecule has 0 bridgehead atoms. The van der Waals surface area contributed by atoms with Gasteiger partial charge in [0.05, 0.1) is 0 Å². The molecule has 1 aromatic heterocycles. The zero-order valence-corrected chi connectivity index (χ0v) is 15.9. The second-order valence-electron chi connectivity index (χ2n) is 6.92. The Morgan fingerprint density at radius 2 is 1.92 bits per heavy atom. The third-order valence-corrected chi connectivity index (χ3v) is 4.23. The Bertz CT molecular complexity index is 698. The van der Waals surface area contributed by atoms with E-state index < -0.39 is 0 Å². The molecule has 1 aromatic carbocycles. The van der Waals surface area contributed by atoms with Crippen LogP contribution in [-0.2, 0) is 16.7 Å². The molecule has 1 heterocycles. The van der Waals surface area contributed by atoms with Crippen molar-refractivity contribution >= 4 is 12.2 Å². The van der Waals surface area contributed by atoms with Crippen LogP contribution in [-0.4, -0.2) is 28.5 Å². The molecule has 0 amide bonds. The molecule has 0 saturated carbocycles. The number of rotatable bonds is 7. The summed E-state index contributed by atoms with van der Waals surface area (Å²) < 4.78 is 13.7. The van der Waals surface area contributed by atoms with E-state index in [-0.39, 0.29) is 11.5 Å². The number of benzene rings is 1. The van der Waals surface area contributed by atoms with Gasteiger partial charge >= 0.3 is 0 Å². The van der Waals surface area contributed by atoms with Gasteiger partial charge in [-0.3, -0.25) is 5.10 Å². The van der Waals surface area contributed by atoms with Gasteiger partial charge < -0.3 is 14.0 Å². The van der Waals surface area contributed by atoms with Crippen molar-refractivity contribution in [3.63, 3.8) is 0 Å². The molecule has 2 rings (SSSR count). The lowest BCUT2D eigenvalue weighted by Gasteiger charge is -2.20. The van der Waals surface area contributed by atoms with E-state index in [1.165, 1.54) is 5.56 Å². The highest BCUT2D eigenvalue weighted by atomic mass is 32.1. The van der Waals surface area contributed by atoms with Gasteiger partial charge in [0.15, 0.2) is 16.7 Å². The number of aromatic amines is 1. The van der Waals surface area contributed by atoms with Crippen molar-refractivity contribution in [2.45, 2.75) is 52.2 Å². The first-order valence-electron chi connectivity index (χ1n) is 8.24. The van der Waals surface area contributed by atoms with Crippen LogP contribution in [0.15, 0.2) is 24.3 Å². The van der Waals surface area contributed by atoms with Gasteiger partial charge in [-0.2, -0.15) is 5.10 Å². The number of nitrogens with zero attached hydrogens (tertiary/aromatic N) is 2. The Labute approximate surface area is 149 Å². The van der Waals surface area contributed by atoms with Gasteiger partial charge in [-0.15, -0.1) is 0 Å². The van der Waals surface area contributed by atoms with E-state index >= 15 is 0 Å². The second kappa shape index (κ2) is 7.94. The zero-order valence-electron chi connectivity index (χ0n) is 15.1. The van der Waals surface area contributed by atoms with Crippen LogP contribution >= 0.6 is 12.2 Å². The van der Waals surface area contributed by atoms with Crippen molar-refractivity contribution in [2.75, 3.05) is 13.7 Å². The topological polar surface area (TPSA) is 52.1 Å². The van der Waals surface area contributed by atoms with Gasteiger partial charge in [0.25, 0.3) is 0 Å². The monoisotopic (exact) mass is 349 g/mol. The first-order chi connectivity index (χ1) is 11.3. The lowest BCUT2D eigenvalue weighted by molar-refractivity contribution is 0.184. The Balaban J connectivity index is 2.10. The summed E-state index contributed by atoms with van der Waals surface area (Å²) in [5.41, 5.74) is 1.42. The Kier molecular flexibility index (Phi) is 6.18. The summed E-state index contributed by atoms with van der Waals surface area (Å²) in [4.78, 5) is 0. The van der Waals surface area contributed by atoms with Crippen molar-refractivity contribution < 1.29 is 9.47 Å². The molecule has 0 fully saturated rings. The molecule has 132 valence electrons. The molecule has 0 saturated heterocycles. The van der Waals surface area contributed by atoms with E-state index in [0.29, 0.717) is 11.4 Å². The molecular weight excluding hydrogens is 322 g/mol. The summed E-state index contributed by atoms with van der Waals surface area (Å²) in [5.74, 6) is 1.63. The van der Waals surface area contributed by atoms with E-state index in [1.807, 2.05) is 23.6 Å². The summed E-state index contributed by atoms with van der Waals surface area (Å²) in [5, 5.41) is 7.18. The number of aromatic nitrogens is 3. The molecule has 1 atom stereocenters. The first-order valence-corrected chi connectivity index (χ1v) is 8.65. The molecule has 2 aromatic rings. The largest absolute Gasteiger partial charge is 0.483 e. The lowest BCUT2D eigenvalue weighted by atomic mass is 9.87. The summed E-state index contributed by atoms with van der Waals surface area (Å²) in [6, 6.07) is 8.23. The fraction of sp³-hybridized carbons (Fsp3) is 0.556. The number of hydrogen-bond donors (Lipinski definition) is 1. The summed E-state index contributed by atoms with van der Waals surface area (Å²) in [6.07, 6.45) is 0.686. The maximum absolute atomic E-state index is 6.05. The van der Waals surface area contributed by atoms with Crippen LogP contribution < -0.4 is 4.74 Å². The lowest BCUT2D eigenvalue weighted by Crippen LogP contribution is -2.14. The van der Waals surface area contributed by atoms with Gasteiger partial charge in [0.1, 0.15) is 5.75 Å². The predicted molar refractivity (Wildman–Crippen MR) is 98.1 cm³/mol. The molecule has 0 aliphatic heterocycles. The molecule has 5 nitrogen and oxygen atoms in total. The average molecular weight is 350 g/mol. The van der Waals surface area contributed by atoms with Crippen molar-refractivity contribution in [3.8, 4) is 5.75 Å². The smallest absolute Gasteiger partial charge is 0.195 e. The Hall–Kier alpha value is -1.66. The molecule has 0 radical (unpaired) electrons. The highest BCUT2D eigenvalue weighted by Gasteiger charge is 2.17. The minimum atomic E-state index is -0.194. The molecule has 24 heavy (non-hydrogen) atoms. The summed E-state index contributed by atoms with van der Waals surface area (Å²) in [6.45, 7) is 10.0. The van der Waals surface area contributed by atoms with Gasteiger partial charge in [0.2, 0.25) is 0 Å². The van der Waals surface area contributed by atoms with Crippen LogP contribution in [0.5, 0.6) is 5.75 Å². The van der Waals surface area contributed by atoms with Crippen molar-refractivity contribution in [3.05, 3.63) is 40.4 Å². The van der Waals surface area contributed by atoms with E-state index in [2.05, 4.69) is 43.1 Å². The fourth-order valence-electron chi connectivity index (χ4n) is 2.51. The van der Waals surface area contributed by atoms with Gasteiger partial charge in [-0.25, -0.2) is 0 Å². The third kappa shape index (κ3) is 4.68. The number of hydrogen-bond acceptors (Lipinski definition) is 4. The van der Waals surface area contributed by atoms with Crippen LogP contribution in [0.2, 0.25) is 0 Å². The van der Waals surface area contributed by atoms with Crippen molar-refractivity contribution in [1.82, 2.24) is 14.8 Å². The van der Waals surface area contributed by atoms with Crippen LogP contribution in [0.25, 0.3) is 0 Å². The molecule has 0 aliphatic rings. The minimum absolute atomic E-state index is 0.133. The van der Waals surface area contributed by atoms with E-state index in [1.54, 1.807) is 7.11 Å². The maximum atomic E-state index is 6.05. The molecule has 1 N–H and O–H groups in total. The maximum Gasteiger partial charge on any atom is 0.195 e. The molecular formula is C18H27N3O2S. The highest BCUT2D eigenvalue weighted by molar-refractivity contribution is 7.71. The molecule has 0 aliphatic carbocycles. The van der Waals surface area contributed by atoms with Crippen LogP contribution in [0.3, 0.4) is 0 Å². The SMILES string of the molecule is COCCCn1c([C@@H](C)Oc2ccc(C(C)(C)C)cc2)n[nH]c1=S. The average Bonchev–Trinajstić information content (AvgIpc) is 2.88. The van der Waals surface area contributed by atoms with E-state index in [4.69, 9.17) is 21.7 Å². The van der Waals surface area contributed by atoms with Gasteiger partial charge in [-0.05, 0) is 48.7 Å². The predicted octanol–water partition coefficient (Wildman–Crippen LogP) is 4.41. The molecule has 6 heteroatoms. The van der Waals surface area contributed by atoms with Crippen molar-refractivity contribution in [2.24, 2.45) is 0 Å². The number of H-pyrrole nitrogens is 1. The quantitative estimate of drug-likeness (QED) is 0.594. The van der Waals surface area contributed by atoms with Crippen molar-refractivity contribution in [1.29, 1.82) is 0 Å². The number of methoxy groups -OCH3 is 1. The number of ether oxygens (including phenoxy) is 2. The zero-order chi connectivity index (χ0) is 17.7. The normalized spacial score (nSPS) is 13.0. The third-order valence-electron chi connectivity index (χ3n) is 3.91. The number of nitrogens with one attached hydrogen (secondary N) is 1. The second-order valence-corrected chi connectivity index (χ2v) is 7.31. The minimum Gasteiger partial charge on any atom is -0.483 e. The van der Waals surface area contributed by atoms with Crippen LogP contribution in [0.4, 0.5) is 0 Å². The highest BCUT2D eigenvalue weighted by Crippen LogP contribution is 2.26. The molecule has 0 spiro atoms. The van der Waals surface area contributed by atoms with Gasteiger partial charge in [-0.1, -0.05) is 32.9 Å². The van der Waals surface area contributed by atoms with E-state index in [9.17, 15) is 0 Å². The van der Waals surface area contributed by atoms with E-state index in [0.717, 1.165) is 24.5 Å². The summed E-state index contributed by atoms with van der Waals surface area (Å²) in [7, 11) is 1.70. The van der Waals surface area contributed by atoms with Gasteiger partial charge in [0, 0.05) is 20.3 Å². The molecule has 0 unspecified atom stereocenters. The standard InChI is InChI=1S/C18H27N3O2S/c1-13(16-19-20-17(24)21(16)11-6-12-22-5)23-15-9-7-14(8-10-15)18(2,3)4/h7-10,13H,6,11-12H2,1-5H3,(H,20,24)/t13-/m1/s1. The first kappa shape index (κ1) is 18.7.